The summed E-state index contributed by atoms with van der Waals surface area (Å²) < 4.78 is 0.164. The number of nitro groups is 1. The zero-order valence-corrected chi connectivity index (χ0v) is 11.0. The quantitative estimate of drug-likeness (QED) is 0.437. The van der Waals surface area contributed by atoms with Gasteiger partial charge in [0.15, 0.2) is 0 Å². The number of nitrogens with zero attached hydrogens (tertiary/aromatic N) is 1. The van der Waals surface area contributed by atoms with Gasteiger partial charge in [-0.15, -0.1) is 23.5 Å². The van der Waals surface area contributed by atoms with Gasteiger partial charge in [-0.2, -0.15) is 0 Å². The molecule has 88 valence electrons. The highest BCUT2D eigenvalue weighted by molar-refractivity contribution is 8.16. The van der Waals surface area contributed by atoms with Crippen LogP contribution in [0.1, 0.15) is 24.0 Å². The van der Waals surface area contributed by atoms with Gasteiger partial charge in [-0.3, -0.25) is 10.1 Å². The highest BCUT2D eigenvalue weighted by atomic mass is 32.2. The largest absolute Gasteiger partial charge is 0.274 e. The zero-order chi connectivity index (χ0) is 12.0. The lowest BCUT2D eigenvalue weighted by Crippen LogP contribution is -1.98. The van der Waals surface area contributed by atoms with Gasteiger partial charge in [0.2, 0.25) is 0 Å². The van der Waals surface area contributed by atoms with E-state index in [4.69, 9.17) is 0 Å². The minimum absolute atomic E-state index is 0.164. The molecule has 0 aliphatic rings. The molecule has 5 heteroatoms. The molecule has 0 aliphatic heterocycles. The second kappa shape index (κ2) is 6.81. The summed E-state index contributed by atoms with van der Waals surface area (Å²) in [7, 11) is 0. The molecule has 0 amide bonds. The third-order valence-corrected chi connectivity index (χ3v) is 4.62. The molecule has 0 radical (unpaired) electrons. The fourth-order valence-corrected chi connectivity index (χ4v) is 3.95. The summed E-state index contributed by atoms with van der Waals surface area (Å²) in [5.41, 5.74) is 1.06. The third kappa shape index (κ3) is 3.42. The Kier molecular flexibility index (Phi) is 5.69. The van der Waals surface area contributed by atoms with Crippen LogP contribution in [0.15, 0.2) is 24.3 Å². The van der Waals surface area contributed by atoms with Crippen LogP contribution in [-0.2, 0) is 0 Å². The molecule has 3 nitrogen and oxygen atoms in total. The van der Waals surface area contributed by atoms with Crippen LogP contribution >= 0.6 is 23.5 Å². The second-order valence-electron chi connectivity index (χ2n) is 3.06. The fraction of sp³-hybridized carbons (Fsp3) is 0.455. The summed E-state index contributed by atoms with van der Waals surface area (Å²) in [5.74, 6) is 1.92. The topological polar surface area (TPSA) is 43.1 Å². The summed E-state index contributed by atoms with van der Waals surface area (Å²) in [4.78, 5) is 10.6. The van der Waals surface area contributed by atoms with E-state index < -0.39 is 0 Å². The normalized spacial score (nSPS) is 10.7. The Labute approximate surface area is 104 Å². The summed E-state index contributed by atoms with van der Waals surface area (Å²) >= 11 is 3.49. The molecule has 0 unspecified atom stereocenters. The van der Waals surface area contributed by atoms with Crippen molar-refractivity contribution in [1.82, 2.24) is 0 Å². The van der Waals surface area contributed by atoms with Crippen molar-refractivity contribution >= 4 is 29.2 Å². The van der Waals surface area contributed by atoms with Crippen molar-refractivity contribution in [2.75, 3.05) is 11.5 Å². The molecule has 0 bridgehead atoms. The first kappa shape index (κ1) is 13.4. The molecule has 1 aromatic carbocycles. The smallest absolute Gasteiger partial charge is 0.258 e. The Morgan fingerprint density at radius 1 is 1.25 bits per heavy atom. The molecule has 1 rings (SSSR count). The standard InChI is InChI=1S/C11H15NO2S2/c1-3-15-11(16-4-2)9-7-5-6-8-10(9)12(13)14/h5-8,11H,3-4H2,1-2H3. The van der Waals surface area contributed by atoms with Crippen LogP contribution in [0.5, 0.6) is 0 Å². The molecule has 0 spiro atoms. The van der Waals surface area contributed by atoms with Gasteiger partial charge in [-0.25, -0.2) is 0 Å². The van der Waals surface area contributed by atoms with E-state index in [1.165, 1.54) is 0 Å². The van der Waals surface area contributed by atoms with E-state index in [2.05, 4.69) is 13.8 Å². The summed E-state index contributed by atoms with van der Waals surface area (Å²) in [6.07, 6.45) is 0. The van der Waals surface area contributed by atoms with Crippen LogP contribution in [-0.4, -0.2) is 16.4 Å². The Hall–Kier alpha value is -0.680. The van der Waals surface area contributed by atoms with E-state index in [9.17, 15) is 10.1 Å². The number of benzene rings is 1. The fourth-order valence-electron chi connectivity index (χ4n) is 1.38. The maximum Gasteiger partial charge on any atom is 0.274 e. The maximum atomic E-state index is 10.9. The van der Waals surface area contributed by atoms with Crippen molar-refractivity contribution in [2.24, 2.45) is 0 Å². The number of nitro benzene ring substituents is 1. The minimum Gasteiger partial charge on any atom is -0.258 e. The van der Waals surface area contributed by atoms with E-state index in [1.54, 1.807) is 35.7 Å². The summed E-state index contributed by atoms with van der Waals surface area (Å²) in [6, 6.07) is 7.01. The molecule has 0 atom stereocenters. The van der Waals surface area contributed by atoms with Gasteiger partial charge in [0.1, 0.15) is 0 Å². The first-order chi connectivity index (χ1) is 7.70. The molecule has 0 saturated carbocycles. The molecule has 0 fully saturated rings. The first-order valence-electron chi connectivity index (χ1n) is 5.17. The predicted octanol–water partition coefficient (Wildman–Crippen LogP) is 4.10. The molecular weight excluding hydrogens is 242 g/mol. The van der Waals surface area contributed by atoms with Gasteiger partial charge in [-0.1, -0.05) is 32.0 Å². The number of hydrogen-bond acceptors (Lipinski definition) is 4. The highest BCUT2D eigenvalue weighted by Crippen LogP contribution is 2.42. The zero-order valence-electron chi connectivity index (χ0n) is 9.38. The van der Waals surface area contributed by atoms with Crippen LogP contribution in [0.2, 0.25) is 0 Å². The number of para-hydroxylation sites is 1. The molecule has 0 heterocycles. The average Bonchev–Trinajstić information content (AvgIpc) is 2.29. The molecule has 16 heavy (non-hydrogen) atoms. The van der Waals surface area contributed by atoms with Crippen molar-refractivity contribution in [3.63, 3.8) is 0 Å². The molecule has 0 saturated heterocycles. The van der Waals surface area contributed by atoms with Crippen molar-refractivity contribution in [3.05, 3.63) is 39.9 Å². The summed E-state index contributed by atoms with van der Waals surface area (Å²) in [5, 5.41) is 10.9. The van der Waals surface area contributed by atoms with Gasteiger partial charge in [0, 0.05) is 6.07 Å². The number of thioether (sulfide) groups is 2. The van der Waals surface area contributed by atoms with Gasteiger partial charge in [0.25, 0.3) is 5.69 Å². The molecule has 1 aromatic rings. The van der Waals surface area contributed by atoms with Crippen LogP contribution < -0.4 is 0 Å². The van der Waals surface area contributed by atoms with E-state index in [1.807, 2.05) is 12.1 Å². The second-order valence-corrected chi connectivity index (χ2v) is 6.12. The first-order valence-corrected chi connectivity index (χ1v) is 7.27. The SMILES string of the molecule is CCSC(SCC)c1ccccc1[N+](=O)[O-]. The number of rotatable bonds is 6. The van der Waals surface area contributed by atoms with E-state index >= 15 is 0 Å². The van der Waals surface area contributed by atoms with Crippen LogP contribution in [0.3, 0.4) is 0 Å². The Morgan fingerprint density at radius 2 is 1.81 bits per heavy atom. The molecule has 0 aliphatic carbocycles. The van der Waals surface area contributed by atoms with E-state index in [-0.39, 0.29) is 15.2 Å². The van der Waals surface area contributed by atoms with Crippen molar-refractivity contribution in [3.8, 4) is 0 Å². The summed E-state index contributed by atoms with van der Waals surface area (Å²) in [6.45, 7) is 4.14. The monoisotopic (exact) mass is 257 g/mol. The lowest BCUT2D eigenvalue weighted by Gasteiger charge is -2.14. The molecule has 0 N–H and O–H groups in total. The van der Waals surface area contributed by atoms with Crippen LogP contribution in [0.4, 0.5) is 5.69 Å². The van der Waals surface area contributed by atoms with Crippen LogP contribution in [0, 0.1) is 10.1 Å². The Morgan fingerprint density at radius 3 is 2.31 bits per heavy atom. The lowest BCUT2D eigenvalue weighted by atomic mass is 10.2. The van der Waals surface area contributed by atoms with Gasteiger partial charge >= 0.3 is 0 Å². The third-order valence-electron chi connectivity index (χ3n) is 2.02. The lowest BCUT2D eigenvalue weighted by molar-refractivity contribution is -0.385. The Balaban J connectivity index is 3.02. The molecule has 0 aromatic heterocycles. The minimum atomic E-state index is -0.297. The van der Waals surface area contributed by atoms with Crippen LogP contribution in [0.25, 0.3) is 0 Å². The Bertz CT molecular complexity index is 352. The van der Waals surface area contributed by atoms with E-state index in [0.717, 1.165) is 17.1 Å². The average molecular weight is 257 g/mol. The molecular formula is C11H15NO2S2. The van der Waals surface area contributed by atoms with Gasteiger partial charge in [0.05, 0.1) is 15.1 Å². The van der Waals surface area contributed by atoms with Crippen molar-refractivity contribution in [2.45, 2.75) is 18.4 Å². The van der Waals surface area contributed by atoms with E-state index in [0.29, 0.717) is 0 Å². The maximum absolute atomic E-state index is 10.9. The van der Waals surface area contributed by atoms with Crippen molar-refractivity contribution in [1.29, 1.82) is 0 Å². The van der Waals surface area contributed by atoms with Gasteiger partial charge in [-0.05, 0) is 11.5 Å². The van der Waals surface area contributed by atoms with Gasteiger partial charge < -0.3 is 0 Å². The predicted molar refractivity (Wildman–Crippen MR) is 72.1 cm³/mol. The highest BCUT2D eigenvalue weighted by Gasteiger charge is 2.21. The van der Waals surface area contributed by atoms with Crippen molar-refractivity contribution < 1.29 is 4.92 Å². The number of hydrogen-bond donors (Lipinski definition) is 0.